The van der Waals surface area contributed by atoms with Crippen molar-refractivity contribution >= 4 is 0 Å². The van der Waals surface area contributed by atoms with Gasteiger partial charge in [-0.1, -0.05) is 13.8 Å². The molecule has 0 radical (unpaired) electrons. The molecule has 0 spiro atoms. The summed E-state index contributed by atoms with van der Waals surface area (Å²) in [5.41, 5.74) is 3.78. The van der Waals surface area contributed by atoms with Crippen LogP contribution >= 0.6 is 0 Å². The van der Waals surface area contributed by atoms with Crippen molar-refractivity contribution in [2.24, 2.45) is 5.92 Å². The predicted octanol–water partition coefficient (Wildman–Crippen LogP) is -0.365. The Balaban J connectivity index is 3.29. The number of quaternary nitrogens is 1. The fraction of sp³-hybridized carbons (Fsp3) is 1.00. The minimum Gasteiger partial charge on any atom is -0.390 e. The summed E-state index contributed by atoms with van der Waals surface area (Å²) < 4.78 is 0. The van der Waals surface area contributed by atoms with E-state index < -0.39 is 0 Å². The van der Waals surface area contributed by atoms with E-state index in [1.807, 2.05) is 0 Å². The van der Waals surface area contributed by atoms with Crippen LogP contribution in [0.1, 0.15) is 20.3 Å². The highest BCUT2D eigenvalue weighted by atomic mass is 16.3. The molecule has 2 heteroatoms. The van der Waals surface area contributed by atoms with E-state index in [-0.39, 0.29) is 12.6 Å². The molecule has 50 valence electrons. The molecule has 0 rings (SSSR count). The number of aliphatic hydroxyl groups is 1. The molecule has 0 aliphatic rings. The number of rotatable bonds is 3. The Morgan fingerprint density at radius 3 is 2.25 bits per heavy atom. The van der Waals surface area contributed by atoms with Crippen LogP contribution in [0.5, 0.6) is 0 Å². The summed E-state index contributed by atoms with van der Waals surface area (Å²) in [6, 6.07) is 0.222. The average molecular weight is 118 g/mol. The van der Waals surface area contributed by atoms with Crippen molar-refractivity contribution in [3.05, 3.63) is 0 Å². The van der Waals surface area contributed by atoms with Gasteiger partial charge in [0.05, 0.1) is 6.61 Å². The van der Waals surface area contributed by atoms with E-state index >= 15 is 0 Å². The summed E-state index contributed by atoms with van der Waals surface area (Å²) in [5.74, 6) is 0.556. The third-order valence-electron chi connectivity index (χ3n) is 1.68. The number of hydrogen-bond donors (Lipinski definition) is 2. The monoisotopic (exact) mass is 118 g/mol. The van der Waals surface area contributed by atoms with Gasteiger partial charge in [0.2, 0.25) is 0 Å². The van der Waals surface area contributed by atoms with Gasteiger partial charge in [0.15, 0.2) is 0 Å². The zero-order valence-corrected chi connectivity index (χ0v) is 5.72. The van der Waals surface area contributed by atoms with Crippen molar-refractivity contribution in [2.75, 3.05) is 6.61 Å². The van der Waals surface area contributed by atoms with Gasteiger partial charge in [-0.3, -0.25) is 0 Å². The van der Waals surface area contributed by atoms with Crippen LogP contribution in [0.25, 0.3) is 0 Å². The first-order valence-corrected chi connectivity index (χ1v) is 3.16. The van der Waals surface area contributed by atoms with Crippen LogP contribution in [-0.4, -0.2) is 17.8 Å². The lowest BCUT2D eigenvalue weighted by Gasteiger charge is -2.10. The second kappa shape index (κ2) is 3.87. The molecule has 0 aromatic rings. The van der Waals surface area contributed by atoms with Crippen LogP contribution in [0, 0.1) is 5.92 Å². The van der Waals surface area contributed by atoms with Gasteiger partial charge in [-0.2, -0.15) is 0 Å². The second-order valence-electron chi connectivity index (χ2n) is 2.33. The minimum absolute atomic E-state index is 0.217. The Kier molecular flexibility index (Phi) is 3.83. The molecule has 0 amide bonds. The van der Waals surface area contributed by atoms with Gasteiger partial charge >= 0.3 is 0 Å². The van der Waals surface area contributed by atoms with Crippen LogP contribution in [0.4, 0.5) is 0 Å². The van der Waals surface area contributed by atoms with E-state index in [4.69, 9.17) is 5.11 Å². The molecule has 0 aliphatic heterocycles. The van der Waals surface area contributed by atoms with Crippen LogP contribution in [-0.2, 0) is 0 Å². The summed E-state index contributed by atoms with van der Waals surface area (Å²) in [5, 5.41) is 8.57. The molecule has 4 N–H and O–H groups in total. The molecule has 0 unspecified atom stereocenters. The van der Waals surface area contributed by atoms with Crippen molar-refractivity contribution in [3.8, 4) is 0 Å². The molecule has 0 aromatic heterocycles. The Morgan fingerprint density at radius 2 is 2.12 bits per heavy atom. The largest absolute Gasteiger partial charge is 0.390 e. The first-order valence-electron chi connectivity index (χ1n) is 3.16. The van der Waals surface area contributed by atoms with E-state index in [9.17, 15) is 0 Å². The Labute approximate surface area is 50.7 Å². The maximum atomic E-state index is 8.57. The molecule has 0 saturated heterocycles. The SMILES string of the molecule is CC[C@H](C)[C@@H]([NH3+])CO. The molecule has 0 bridgehead atoms. The van der Waals surface area contributed by atoms with Crippen molar-refractivity contribution in [3.63, 3.8) is 0 Å². The smallest absolute Gasteiger partial charge is 0.110 e. The third-order valence-corrected chi connectivity index (χ3v) is 1.68. The molecule has 8 heavy (non-hydrogen) atoms. The van der Waals surface area contributed by atoms with E-state index in [0.717, 1.165) is 6.42 Å². The van der Waals surface area contributed by atoms with E-state index in [2.05, 4.69) is 19.6 Å². The topological polar surface area (TPSA) is 47.9 Å². The standard InChI is InChI=1S/C6H15NO/c1-3-5(2)6(7)4-8/h5-6,8H,3-4,7H2,1-2H3/p+1/t5-,6-/m0/s1. The second-order valence-corrected chi connectivity index (χ2v) is 2.33. The molecule has 0 saturated carbocycles. The summed E-state index contributed by atoms with van der Waals surface area (Å²) in [6.45, 7) is 4.43. The van der Waals surface area contributed by atoms with E-state index in [0.29, 0.717) is 5.92 Å². The fourth-order valence-electron chi connectivity index (χ4n) is 0.513. The molecule has 0 aromatic carbocycles. The zero-order valence-electron chi connectivity index (χ0n) is 5.72. The average Bonchev–Trinajstić information content (AvgIpc) is 1.84. The zero-order chi connectivity index (χ0) is 6.57. The number of hydrogen-bond acceptors (Lipinski definition) is 1. The van der Waals surface area contributed by atoms with Gasteiger partial charge in [-0.25, -0.2) is 0 Å². The third kappa shape index (κ3) is 2.28. The van der Waals surface area contributed by atoms with Gasteiger partial charge in [0.1, 0.15) is 6.04 Å². The molecular formula is C6H16NO+. The van der Waals surface area contributed by atoms with Crippen molar-refractivity contribution in [1.82, 2.24) is 0 Å². The molecule has 0 fully saturated rings. The maximum Gasteiger partial charge on any atom is 0.110 e. The van der Waals surface area contributed by atoms with Gasteiger partial charge < -0.3 is 10.8 Å². The summed E-state index contributed by atoms with van der Waals surface area (Å²) in [7, 11) is 0. The lowest BCUT2D eigenvalue weighted by Crippen LogP contribution is -2.65. The fourth-order valence-corrected chi connectivity index (χ4v) is 0.513. The summed E-state index contributed by atoms with van der Waals surface area (Å²) >= 11 is 0. The first-order chi connectivity index (χ1) is 3.72. The minimum atomic E-state index is 0.217. The first kappa shape index (κ1) is 7.92. The van der Waals surface area contributed by atoms with Crippen LogP contribution in [0.2, 0.25) is 0 Å². The van der Waals surface area contributed by atoms with E-state index in [1.165, 1.54) is 0 Å². The normalized spacial score (nSPS) is 18.0. The van der Waals surface area contributed by atoms with Crippen molar-refractivity contribution in [2.45, 2.75) is 26.3 Å². The highest BCUT2D eigenvalue weighted by Gasteiger charge is 2.11. The highest BCUT2D eigenvalue weighted by molar-refractivity contribution is 4.57. The van der Waals surface area contributed by atoms with Crippen molar-refractivity contribution in [1.29, 1.82) is 0 Å². The van der Waals surface area contributed by atoms with Crippen LogP contribution < -0.4 is 5.73 Å². The lowest BCUT2D eigenvalue weighted by molar-refractivity contribution is -0.437. The van der Waals surface area contributed by atoms with Gasteiger partial charge in [0.25, 0.3) is 0 Å². The molecule has 0 aliphatic carbocycles. The molecule has 2 nitrogen and oxygen atoms in total. The predicted molar refractivity (Wildman–Crippen MR) is 33.2 cm³/mol. The van der Waals surface area contributed by atoms with Gasteiger partial charge in [0, 0.05) is 5.92 Å². The summed E-state index contributed by atoms with van der Waals surface area (Å²) in [4.78, 5) is 0. The lowest BCUT2D eigenvalue weighted by atomic mass is 10.0. The molecular weight excluding hydrogens is 102 g/mol. The molecule has 2 atom stereocenters. The molecule has 0 heterocycles. The Morgan fingerprint density at radius 1 is 1.62 bits per heavy atom. The van der Waals surface area contributed by atoms with Crippen molar-refractivity contribution < 1.29 is 10.8 Å². The quantitative estimate of drug-likeness (QED) is 0.522. The van der Waals surface area contributed by atoms with E-state index in [1.54, 1.807) is 0 Å². The van der Waals surface area contributed by atoms with Gasteiger partial charge in [-0.15, -0.1) is 0 Å². The Hall–Kier alpha value is -0.0800. The Bertz CT molecular complexity index is 48.5. The van der Waals surface area contributed by atoms with Crippen LogP contribution in [0.15, 0.2) is 0 Å². The summed E-state index contributed by atoms with van der Waals surface area (Å²) in [6.07, 6.45) is 1.11. The highest BCUT2D eigenvalue weighted by Crippen LogP contribution is 2.01. The van der Waals surface area contributed by atoms with Crippen LogP contribution in [0.3, 0.4) is 0 Å². The maximum absolute atomic E-state index is 8.57. The van der Waals surface area contributed by atoms with Gasteiger partial charge in [-0.05, 0) is 6.42 Å². The number of aliphatic hydroxyl groups excluding tert-OH is 1.